The van der Waals surface area contributed by atoms with Crippen LogP contribution in [0.4, 0.5) is 5.82 Å². The van der Waals surface area contributed by atoms with Crippen LogP contribution in [0.15, 0.2) is 36.5 Å². The molecule has 1 aromatic heterocycles. The number of carbonyl (C=O) groups excluding carboxylic acids is 1. The van der Waals surface area contributed by atoms with E-state index in [-0.39, 0.29) is 12.7 Å². The van der Waals surface area contributed by atoms with E-state index in [1.807, 2.05) is 29.2 Å². The number of nitrogens with zero attached hydrogens (tertiary/aromatic N) is 2. The third kappa shape index (κ3) is 3.59. The van der Waals surface area contributed by atoms with Gasteiger partial charge in [0, 0.05) is 31.4 Å². The predicted molar refractivity (Wildman–Crippen MR) is 98.4 cm³/mol. The number of amides is 1. The average molecular weight is 353 g/mol. The molecule has 2 aliphatic heterocycles. The molecule has 2 aliphatic rings. The number of fused-ring (bicyclic) bond motifs is 1. The van der Waals surface area contributed by atoms with Crippen molar-refractivity contribution in [3.63, 3.8) is 0 Å². The van der Waals surface area contributed by atoms with E-state index < -0.39 is 0 Å². The Morgan fingerprint density at radius 3 is 2.85 bits per heavy atom. The van der Waals surface area contributed by atoms with Crippen molar-refractivity contribution < 1.29 is 14.3 Å². The Kier molecular flexibility index (Phi) is 4.65. The molecule has 1 fully saturated rings. The van der Waals surface area contributed by atoms with Gasteiger partial charge in [-0.3, -0.25) is 4.79 Å². The van der Waals surface area contributed by atoms with Gasteiger partial charge in [-0.15, -0.1) is 0 Å². The highest BCUT2D eigenvalue weighted by Crippen LogP contribution is 2.32. The number of carbonyl (C=O) groups is 1. The van der Waals surface area contributed by atoms with Crippen LogP contribution in [0.25, 0.3) is 0 Å². The van der Waals surface area contributed by atoms with Crippen LogP contribution in [0.2, 0.25) is 0 Å². The van der Waals surface area contributed by atoms with Crippen molar-refractivity contribution in [2.75, 3.05) is 25.2 Å². The maximum atomic E-state index is 12.7. The molecule has 0 unspecified atom stereocenters. The quantitative estimate of drug-likeness (QED) is 0.914. The zero-order chi connectivity index (χ0) is 17.9. The van der Waals surface area contributed by atoms with Crippen LogP contribution in [0.1, 0.15) is 35.7 Å². The van der Waals surface area contributed by atoms with Crippen molar-refractivity contribution in [3.8, 4) is 11.5 Å². The molecule has 1 saturated heterocycles. The summed E-state index contributed by atoms with van der Waals surface area (Å²) in [5.41, 5.74) is 1.75. The molecule has 2 aromatic rings. The molecule has 0 atom stereocenters. The molecular weight excluding hydrogens is 330 g/mol. The highest BCUT2D eigenvalue weighted by Gasteiger charge is 2.21. The van der Waals surface area contributed by atoms with Gasteiger partial charge in [-0.1, -0.05) is 13.0 Å². The van der Waals surface area contributed by atoms with E-state index in [9.17, 15) is 4.79 Å². The van der Waals surface area contributed by atoms with Crippen molar-refractivity contribution in [3.05, 3.63) is 47.7 Å². The second-order valence-electron chi connectivity index (χ2n) is 6.95. The van der Waals surface area contributed by atoms with Gasteiger partial charge in [0.2, 0.25) is 6.79 Å². The number of pyridine rings is 1. The lowest BCUT2D eigenvalue weighted by atomic mass is 9.99. The minimum absolute atomic E-state index is 0.0884. The van der Waals surface area contributed by atoms with Crippen LogP contribution >= 0.6 is 0 Å². The average Bonchev–Trinajstić information content (AvgIpc) is 3.14. The zero-order valence-electron chi connectivity index (χ0n) is 14.9. The molecule has 1 aromatic carbocycles. The molecule has 4 rings (SSSR count). The second kappa shape index (κ2) is 7.23. The van der Waals surface area contributed by atoms with Crippen molar-refractivity contribution in [1.29, 1.82) is 0 Å². The van der Waals surface area contributed by atoms with Gasteiger partial charge in [0.25, 0.3) is 5.91 Å². The zero-order valence-corrected chi connectivity index (χ0v) is 14.9. The maximum Gasteiger partial charge on any atom is 0.254 e. The van der Waals surface area contributed by atoms with Gasteiger partial charge < -0.3 is 19.7 Å². The normalized spacial score (nSPS) is 16.6. The van der Waals surface area contributed by atoms with E-state index in [4.69, 9.17) is 9.47 Å². The summed E-state index contributed by atoms with van der Waals surface area (Å²) in [6.45, 7) is 4.78. The highest BCUT2D eigenvalue weighted by atomic mass is 16.7. The number of hydrogen-bond acceptors (Lipinski definition) is 5. The molecule has 1 amide bonds. The third-order valence-electron chi connectivity index (χ3n) is 4.99. The largest absolute Gasteiger partial charge is 0.454 e. The number of anilines is 1. The minimum Gasteiger partial charge on any atom is -0.454 e. The Morgan fingerprint density at radius 1 is 1.19 bits per heavy atom. The first-order valence-corrected chi connectivity index (χ1v) is 9.07. The second-order valence-corrected chi connectivity index (χ2v) is 6.95. The fourth-order valence-corrected chi connectivity index (χ4v) is 3.30. The van der Waals surface area contributed by atoms with E-state index in [2.05, 4.69) is 17.2 Å². The van der Waals surface area contributed by atoms with Crippen LogP contribution in [-0.4, -0.2) is 35.7 Å². The van der Waals surface area contributed by atoms with E-state index in [0.29, 0.717) is 23.8 Å². The molecule has 6 nitrogen and oxygen atoms in total. The summed E-state index contributed by atoms with van der Waals surface area (Å²) in [7, 11) is 0. The van der Waals surface area contributed by atoms with Crippen molar-refractivity contribution in [2.24, 2.45) is 5.92 Å². The molecule has 3 heterocycles. The first-order valence-electron chi connectivity index (χ1n) is 9.07. The van der Waals surface area contributed by atoms with E-state index >= 15 is 0 Å². The van der Waals surface area contributed by atoms with Gasteiger partial charge >= 0.3 is 0 Å². The monoisotopic (exact) mass is 353 g/mol. The Morgan fingerprint density at radius 2 is 2.00 bits per heavy atom. The van der Waals surface area contributed by atoms with E-state index in [0.717, 1.165) is 43.0 Å². The first kappa shape index (κ1) is 16.7. The number of ether oxygens (including phenoxy) is 2. The molecule has 0 saturated carbocycles. The Balaban J connectivity index is 1.40. The van der Waals surface area contributed by atoms with Crippen molar-refractivity contribution in [1.82, 2.24) is 9.88 Å². The lowest BCUT2D eigenvalue weighted by Gasteiger charge is -2.30. The predicted octanol–water partition coefficient (Wildman–Crippen LogP) is 3.29. The Hall–Kier alpha value is -2.76. The van der Waals surface area contributed by atoms with Crippen molar-refractivity contribution in [2.45, 2.75) is 26.3 Å². The minimum atomic E-state index is 0.0884. The maximum absolute atomic E-state index is 12.7. The van der Waals surface area contributed by atoms with Crippen LogP contribution in [0.5, 0.6) is 11.5 Å². The molecular formula is C20H23N3O3. The van der Waals surface area contributed by atoms with Crippen LogP contribution < -0.4 is 14.8 Å². The lowest BCUT2D eigenvalue weighted by molar-refractivity contribution is 0.0697. The summed E-state index contributed by atoms with van der Waals surface area (Å²) in [6.07, 6.45) is 3.83. The summed E-state index contributed by atoms with van der Waals surface area (Å²) in [4.78, 5) is 19.0. The third-order valence-corrected chi connectivity index (χ3v) is 4.99. The van der Waals surface area contributed by atoms with Gasteiger partial charge in [0.15, 0.2) is 11.5 Å². The SMILES string of the molecule is CC1CCN(C(=O)c2ccnc(NCc3ccc4c(c3)OCO4)c2)CC1. The van der Waals surface area contributed by atoms with Crippen LogP contribution in [-0.2, 0) is 6.54 Å². The van der Waals surface area contributed by atoms with Gasteiger partial charge in [0.1, 0.15) is 5.82 Å². The fourth-order valence-electron chi connectivity index (χ4n) is 3.30. The molecule has 6 heteroatoms. The van der Waals surface area contributed by atoms with Crippen LogP contribution in [0, 0.1) is 5.92 Å². The summed E-state index contributed by atoms with van der Waals surface area (Å²) >= 11 is 0. The molecule has 0 radical (unpaired) electrons. The number of benzene rings is 1. The summed E-state index contributed by atoms with van der Waals surface area (Å²) in [5, 5.41) is 3.28. The first-order chi connectivity index (χ1) is 12.7. The molecule has 26 heavy (non-hydrogen) atoms. The van der Waals surface area contributed by atoms with E-state index in [1.165, 1.54) is 0 Å². The number of likely N-dealkylation sites (tertiary alicyclic amines) is 1. The van der Waals surface area contributed by atoms with Crippen LogP contribution in [0.3, 0.4) is 0 Å². The summed E-state index contributed by atoms with van der Waals surface area (Å²) in [6, 6.07) is 9.47. The fraction of sp³-hybridized carbons (Fsp3) is 0.400. The van der Waals surface area contributed by atoms with Gasteiger partial charge in [0.05, 0.1) is 0 Å². The molecule has 0 bridgehead atoms. The molecule has 0 aliphatic carbocycles. The smallest absolute Gasteiger partial charge is 0.254 e. The Labute approximate surface area is 153 Å². The summed E-state index contributed by atoms with van der Waals surface area (Å²) in [5.74, 6) is 3.02. The van der Waals surface area contributed by atoms with Gasteiger partial charge in [-0.05, 0) is 48.6 Å². The lowest BCUT2D eigenvalue weighted by Crippen LogP contribution is -2.37. The number of aromatic nitrogens is 1. The molecule has 0 spiro atoms. The van der Waals surface area contributed by atoms with E-state index in [1.54, 1.807) is 12.3 Å². The number of hydrogen-bond donors (Lipinski definition) is 1. The summed E-state index contributed by atoms with van der Waals surface area (Å²) < 4.78 is 10.7. The number of nitrogens with one attached hydrogen (secondary N) is 1. The standard InChI is InChI=1S/C20H23N3O3/c1-14-5-8-23(9-6-14)20(24)16-4-7-21-19(11-16)22-12-15-2-3-17-18(10-15)26-13-25-17/h2-4,7,10-11,14H,5-6,8-9,12-13H2,1H3,(H,21,22). The molecule has 1 N–H and O–H groups in total. The number of piperidine rings is 1. The number of rotatable bonds is 4. The topological polar surface area (TPSA) is 63.7 Å². The van der Waals surface area contributed by atoms with Gasteiger partial charge in [-0.25, -0.2) is 4.98 Å². The van der Waals surface area contributed by atoms with Gasteiger partial charge in [-0.2, -0.15) is 0 Å². The van der Waals surface area contributed by atoms with Crippen molar-refractivity contribution >= 4 is 11.7 Å². The highest BCUT2D eigenvalue weighted by molar-refractivity contribution is 5.94. The Bertz CT molecular complexity index is 801. The molecule has 136 valence electrons.